The van der Waals surface area contributed by atoms with Gasteiger partial charge in [-0.2, -0.15) is 0 Å². The van der Waals surface area contributed by atoms with Gasteiger partial charge < -0.3 is 20.1 Å². The summed E-state index contributed by atoms with van der Waals surface area (Å²) in [7, 11) is -4.39. The van der Waals surface area contributed by atoms with Crippen molar-refractivity contribution in [2.45, 2.75) is 482 Å². The van der Waals surface area contributed by atoms with Crippen molar-refractivity contribution < 1.29 is 37.6 Å². The fourth-order valence-electron chi connectivity index (χ4n) is 13.6. The van der Waals surface area contributed by atoms with Gasteiger partial charge in [0.1, 0.15) is 6.61 Å². The molecule has 10 heteroatoms. The predicted octanol–water partition coefficient (Wildman–Crippen LogP) is 29.3. The van der Waals surface area contributed by atoms with E-state index in [4.69, 9.17) is 24.3 Å². The van der Waals surface area contributed by atoms with Crippen LogP contribution in [0.15, 0.2) is 36.5 Å². The molecule has 0 rings (SSSR count). The monoisotopic (exact) mass is 1390 g/mol. The Morgan fingerprint density at radius 3 is 0.794 bits per heavy atom. The summed E-state index contributed by atoms with van der Waals surface area (Å²) in [5.74, 6) is -0.798. The molecule has 574 valence electrons. The summed E-state index contributed by atoms with van der Waals surface area (Å²) in [6, 6.07) is 0. The topological polar surface area (TPSA) is 134 Å². The number of nitrogens with two attached hydrogens (primary N) is 1. The van der Waals surface area contributed by atoms with Crippen molar-refractivity contribution in [3.05, 3.63) is 36.5 Å². The van der Waals surface area contributed by atoms with Crippen LogP contribution in [0.1, 0.15) is 476 Å². The van der Waals surface area contributed by atoms with E-state index >= 15 is 0 Å². The molecule has 0 aromatic carbocycles. The number of carbonyl (C=O) groups excluding carboxylic acids is 2. The molecule has 0 aliphatic carbocycles. The molecular weight excluding hydrogens is 1220 g/mol. The number of hydrogen-bond donors (Lipinski definition) is 2. The van der Waals surface area contributed by atoms with Crippen LogP contribution in [-0.2, 0) is 32.7 Å². The molecule has 0 saturated carbocycles. The molecule has 0 aromatic rings. The average molecular weight is 1390 g/mol. The third-order valence-electron chi connectivity index (χ3n) is 20.0. The summed E-state index contributed by atoms with van der Waals surface area (Å²) in [5, 5.41) is 0. The first-order valence-corrected chi connectivity index (χ1v) is 45.0. The van der Waals surface area contributed by atoms with Gasteiger partial charge in [0.2, 0.25) is 0 Å². The van der Waals surface area contributed by atoms with E-state index in [1.807, 2.05) is 0 Å². The van der Waals surface area contributed by atoms with Gasteiger partial charge in [-0.05, 0) is 70.6 Å². The summed E-state index contributed by atoms with van der Waals surface area (Å²) >= 11 is 0. The number of phosphoric acid groups is 1. The molecule has 3 N–H and O–H groups in total. The second-order valence-electron chi connectivity index (χ2n) is 29.8. The fourth-order valence-corrected chi connectivity index (χ4v) is 14.3. The second kappa shape index (κ2) is 83.2. The lowest BCUT2D eigenvalue weighted by molar-refractivity contribution is -0.161. The van der Waals surface area contributed by atoms with Crippen molar-refractivity contribution in [2.75, 3.05) is 26.4 Å². The first-order valence-electron chi connectivity index (χ1n) is 43.5. The maximum atomic E-state index is 12.8. The van der Waals surface area contributed by atoms with Crippen LogP contribution in [0.25, 0.3) is 0 Å². The highest BCUT2D eigenvalue weighted by Gasteiger charge is 2.26. The molecule has 0 amide bonds. The highest BCUT2D eigenvalue weighted by Crippen LogP contribution is 2.43. The Balaban J connectivity index is 3.70. The average Bonchev–Trinajstić information content (AvgIpc) is 2.69. The lowest BCUT2D eigenvalue weighted by Gasteiger charge is -2.19. The third-order valence-corrected chi connectivity index (χ3v) is 21.0. The molecule has 0 aromatic heterocycles. The lowest BCUT2D eigenvalue weighted by atomic mass is 10.0. The van der Waals surface area contributed by atoms with Crippen LogP contribution in [0, 0.1) is 0 Å². The summed E-state index contributed by atoms with van der Waals surface area (Å²) in [4.78, 5) is 35.5. The molecule has 0 spiro atoms. The summed E-state index contributed by atoms with van der Waals surface area (Å²) in [6.45, 7) is 3.83. The van der Waals surface area contributed by atoms with E-state index in [0.717, 1.165) is 38.5 Å². The number of phosphoric ester groups is 1. The van der Waals surface area contributed by atoms with E-state index in [-0.39, 0.29) is 38.6 Å². The van der Waals surface area contributed by atoms with Crippen molar-refractivity contribution in [3.8, 4) is 0 Å². The molecule has 97 heavy (non-hydrogen) atoms. The Morgan fingerprint density at radius 1 is 0.309 bits per heavy atom. The number of esters is 2. The number of allylic oxidation sites excluding steroid dienone is 6. The highest BCUT2D eigenvalue weighted by atomic mass is 31.2. The second-order valence-corrected chi connectivity index (χ2v) is 31.2. The van der Waals surface area contributed by atoms with Gasteiger partial charge in [-0.15, -0.1) is 0 Å². The van der Waals surface area contributed by atoms with Gasteiger partial charge >= 0.3 is 19.8 Å². The minimum Gasteiger partial charge on any atom is -0.462 e. The zero-order chi connectivity index (χ0) is 70.0. The van der Waals surface area contributed by atoms with E-state index in [2.05, 4.69) is 50.3 Å². The van der Waals surface area contributed by atoms with Crippen molar-refractivity contribution in [1.29, 1.82) is 0 Å². The first kappa shape index (κ1) is 95.2. The number of carbonyl (C=O) groups is 2. The van der Waals surface area contributed by atoms with Gasteiger partial charge in [0.25, 0.3) is 0 Å². The normalized spacial score (nSPS) is 12.9. The van der Waals surface area contributed by atoms with Crippen LogP contribution in [0.3, 0.4) is 0 Å². The Labute approximate surface area is 605 Å². The maximum Gasteiger partial charge on any atom is 0.472 e. The van der Waals surface area contributed by atoms with E-state index in [0.29, 0.717) is 6.42 Å². The number of rotatable bonds is 84. The quantitative estimate of drug-likeness (QED) is 0.0264. The van der Waals surface area contributed by atoms with Crippen LogP contribution in [0.4, 0.5) is 0 Å². The van der Waals surface area contributed by atoms with Crippen molar-refractivity contribution in [3.63, 3.8) is 0 Å². The Bertz CT molecular complexity index is 1690. The van der Waals surface area contributed by atoms with Gasteiger partial charge in [-0.3, -0.25) is 18.6 Å². The maximum absolute atomic E-state index is 12.8. The Hall–Kier alpha value is -1.77. The SMILES string of the molecule is CCCCCCC/C=C\C/C=C\CCCCCCCCCCCCCCCCCCCCCCCCCC(=O)OC(COC(=O)CCCCCCCCCCCCCCCCCCCCCCCCCCCCCCC/C=C\CCCCCCCCCC)COP(=O)(O)OCCN. The van der Waals surface area contributed by atoms with Crippen LogP contribution < -0.4 is 5.73 Å². The minimum atomic E-state index is -4.39. The first-order chi connectivity index (χ1) is 47.8. The smallest absolute Gasteiger partial charge is 0.462 e. The molecule has 0 bridgehead atoms. The summed E-state index contributed by atoms with van der Waals surface area (Å²) in [5.41, 5.74) is 5.42. The van der Waals surface area contributed by atoms with Crippen molar-refractivity contribution in [2.24, 2.45) is 5.73 Å². The van der Waals surface area contributed by atoms with Crippen LogP contribution in [-0.4, -0.2) is 49.3 Å². The van der Waals surface area contributed by atoms with Gasteiger partial charge in [-0.1, -0.05) is 429 Å². The van der Waals surface area contributed by atoms with Gasteiger partial charge in [0.15, 0.2) is 6.10 Å². The van der Waals surface area contributed by atoms with Crippen molar-refractivity contribution >= 4 is 19.8 Å². The van der Waals surface area contributed by atoms with Crippen molar-refractivity contribution in [1.82, 2.24) is 0 Å². The van der Waals surface area contributed by atoms with Gasteiger partial charge in [-0.25, -0.2) is 4.57 Å². The standard InChI is InChI=1S/C87H168NO8P/c1-3-5-7-9-11-13-15-17-19-21-23-25-27-29-31-33-35-37-39-40-41-42-43-44-46-47-49-51-53-55-57-59-61-63-65-67-69-71-73-75-77-79-86(89)93-83-85(84-95-97(91,92)94-82-81-88)96-87(90)80-78-76-74-72-70-68-66-64-62-60-58-56-54-52-50-48-45-38-36-34-32-30-28-26-24-22-20-18-16-14-12-10-8-6-4-2/h16,18,21-24,85H,3-15,17,19-20,25-84,88H2,1-2H3,(H,91,92)/b18-16-,23-21-,24-22-. The molecule has 2 atom stereocenters. The largest absolute Gasteiger partial charge is 0.472 e. The lowest BCUT2D eigenvalue weighted by Crippen LogP contribution is -2.29. The molecule has 0 aliphatic heterocycles. The Morgan fingerprint density at radius 2 is 0.536 bits per heavy atom. The summed E-state index contributed by atoms with van der Waals surface area (Å²) < 4.78 is 33.3. The fraction of sp³-hybridized carbons (Fsp3) is 0.908. The summed E-state index contributed by atoms with van der Waals surface area (Å²) in [6.07, 6.45) is 108. The van der Waals surface area contributed by atoms with E-state index in [1.54, 1.807) is 0 Å². The van der Waals surface area contributed by atoms with Crippen LogP contribution >= 0.6 is 7.82 Å². The van der Waals surface area contributed by atoms with Crippen LogP contribution in [0.5, 0.6) is 0 Å². The zero-order valence-electron chi connectivity index (χ0n) is 65.1. The third kappa shape index (κ3) is 83.1. The van der Waals surface area contributed by atoms with Crippen LogP contribution in [0.2, 0.25) is 0 Å². The van der Waals surface area contributed by atoms with Gasteiger partial charge in [0, 0.05) is 19.4 Å². The molecule has 9 nitrogen and oxygen atoms in total. The minimum absolute atomic E-state index is 0.0570. The van der Waals surface area contributed by atoms with E-state index in [9.17, 15) is 19.0 Å². The number of ether oxygens (including phenoxy) is 2. The molecule has 0 fully saturated rings. The molecule has 0 radical (unpaired) electrons. The Kier molecular flexibility index (Phi) is 81.7. The predicted molar refractivity (Wildman–Crippen MR) is 423 cm³/mol. The highest BCUT2D eigenvalue weighted by molar-refractivity contribution is 7.47. The molecule has 0 heterocycles. The number of hydrogen-bond acceptors (Lipinski definition) is 8. The number of unbranched alkanes of at least 4 members (excludes halogenated alkanes) is 65. The van der Waals surface area contributed by atoms with Gasteiger partial charge in [0.05, 0.1) is 13.2 Å². The molecule has 2 unspecified atom stereocenters. The van der Waals surface area contributed by atoms with E-state index < -0.39 is 26.5 Å². The molecular formula is C87H168NO8P. The zero-order valence-corrected chi connectivity index (χ0v) is 66.0. The van der Waals surface area contributed by atoms with E-state index in [1.165, 1.54) is 405 Å². The molecule has 0 aliphatic rings. The molecule has 0 saturated heterocycles.